The fourth-order valence-corrected chi connectivity index (χ4v) is 2.20. The van der Waals surface area contributed by atoms with E-state index in [2.05, 4.69) is 16.0 Å². The maximum atomic E-state index is 9.41. The summed E-state index contributed by atoms with van der Waals surface area (Å²) in [4.78, 5) is 7.50. The van der Waals surface area contributed by atoms with Crippen LogP contribution < -0.4 is 0 Å². The zero-order valence-corrected chi connectivity index (χ0v) is 11.6. The second kappa shape index (κ2) is 5.31. The number of para-hydroxylation sites is 2. The van der Waals surface area contributed by atoms with Gasteiger partial charge in [0.1, 0.15) is 17.6 Å². The molecule has 0 radical (unpaired) electrons. The first-order valence-corrected chi connectivity index (χ1v) is 6.60. The van der Waals surface area contributed by atoms with E-state index in [-0.39, 0.29) is 10.8 Å². The number of imidazole rings is 1. The molecule has 0 aliphatic carbocycles. The van der Waals surface area contributed by atoms with Gasteiger partial charge in [-0.3, -0.25) is 0 Å². The quantitative estimate of drug-likeness (QED) is 0.702. The highest BCUT2D eigenvalue weighted by Gasteiger charge is 2.08. The van der Waals surface area contributed by atoms with Gasteiger partial charge in [0, 0.05) is 0 Å². The Labute approximate surface area is 125 Å². The number of nitrogens with zero attached hydrogens (tertiary/aromatic N) is 2. The SMILES string of the molecule is N#C/C(=C\c1ccc(O)c(Cl)c1)c1nc2ccccc2[nH]1. The second-order valence-electron chi connectivity index (χ2n) is 4.48. The number of aromatic nitrogens is 2. The van der Waals surface area contributed by atoms with Gasteiger partial charge in [0.25, 0.3) is 0 Å². The Kier molecular flexibility index (Phi) is 3.35. The van der Waals surface area contributed by atoms with Crippen LogP contribution in [0.25, 0.3) is 22.7 Å². The number of H-pyrrole nitrogens is 1. The number of phenols is 1. The number of nitriles is 1. The van der Waals surface area contributed by atoms with Crippen molar-refractivity contribution in [1.82, 2.24) is 9.97 Å². The molecule has 0 aliphatic heterocycles. The molecule has 0 amide bonds. The van der Waals surface area contributed by atoms with Crippen LogP contribution in [0.3, 0.4) is 0 Å². The minimum Gasteiger partial charge on any atom is -0.506 e. The van der Waals surface area contributed by atoms with E-state index in [1.807, 2.05) is 24.3 Å². The van der Waals surface area contributed by atoms with Crippen molar-refractivity contribution in [3.63, 3.8) is 0 Å². The van der Waals surface area contributed by atoms with Crippen LogP contribution in [-0.4, -0.2) is 15.1 Å². The molecule has 3 aromatic rings. The third-order valence-electron chi connectivity index (χ3n) is 3.05. The second-order valence-corrected chi connectivity index (χ2v) is 4.89. The fraction of sp³-hybridized carbons (Fsp3) is 0. The molecule has 3 rings (SSSR count). The van der Waals surface area contributed by atoms with Crippen molar-refractivity contribution in [3.05, 3.63) is 58.9 Å². The molecule has 0 spiro atoms. The molecular weight excluding hydrogens is 286 g/mol. The van der Waals surface area contributed by atoms with Gasteiger partial charge in [0.15, 0.2) is 0 Å². The van der Waals surface area contributed by atoms with Crippen molar-refractivity contribution >= 4 is 34.3 Å². The van der Waals surface area contributed by atoms with Crippen LogP contribution in [0, 0.1) is 11.3 Å². The molecule has 1 heterocycles. The van der Waals surface area contributed by atoms with Gasteiger partial charge in [-0.25, -0.2) is 4.98 Å². The van der Waals surface area contributed by atoms with E-state index >= 15 is 0 Å². The molecule has 0 saturated carbocycles. The predicted molar refractivity (Wildman–Crippen MR) is 82.7 cm³/mol. The van der Waals surface area contributed by atoms with E-state index in [4.69, 9.17) is 11.6 Å². The van der Waals surface area contributed by atoms with Crippen molar-refractivity contribution in [2.24, 2.45) is 0 Å². The number of aromatic hydroxyl groups is 1. The largest absolute Gasteiger partial charge is 0.506 e. The standard InChI is InChI=1S/C16H10ClN3O/c17-12-8-10(5-6-15(12)21)7-11(9-18)16-19-13-3-1-2-4-14(13)20-16/h1-8,21H,(H,19,20)/b11-7+. The van der Waals surface area contributed by atoms with Gasteiger partial charge >= 0.3 is 0 Å². The Morgan fingerprint density at radius 2 is 2.10 bits per heavy atom. The average molecular weight is 296 g/mol. The number of fused-ring (bicyclic) bond motifs is 1. The van der Waals surface area contributed by atoms with Crippen molar-refractivity contribution in [2.45, 2.75) is 0 Å². The maximum absolute atomic E-state index is 9.41. The highest BCUT2D eigenvalue weighted by atomic mass is 35.5. The Hall–Kier alpha value is -2.77. The highest BCUT2D eigenvalue weighted by Crippen LogP contribution is 2.26. The van der Waals surface area contributed by atoms with Crippen molar-refractivity contribution in [2.75, 3.05) is 0 Å². The number of hydrogen-bond acceptors (Lipinski definition) is 3. The summed E-state index contributed by atoms with van der Waals surface area (Å²) in [6, 6.07) is 14.5. The number of phenolic OH excluding ortho intramolecular Hbond substituents is 1. The van der Waals surface area contributed by atoms with Crippen molar-refractivity contribution in [1.29, 1.82) is 5.26 Å². The summed E-state index contributed by atoms with van der Waals surface area (Å²) >= 11 is 5.87. The van der Waals surface area contributed by atoms with Gasteiger partial charge < -0.3 is 10.1 Å². The van der Waals surface area contributed by atoms with E-state index in [0.29, 0.717) is 11.4 Å². The Bertz CT molecular complexity index is 857. The van der Waals surface area contributed by atoms with E-state index in [1.54, 1.807) is 18.2 Å². The molecule has 0 saturated heterocycles. The van der Waals surface area contributed by atoms with Gasteiger partial charge in [-0.1, -0.05) is 29.8 Å². The lowest BCUT2D eigenvalue weighted by Gasteiger charge is -1.99. The lowest BCUT2D eigenvalue weighted by Crippen LogP contribution is -1.85. The molecule has 0 bridgehead atoms. The molecule has 0 atom stereocenters. The van der Waals surface area contributed by atoms with Crippen LogP contribution in [-0.2, 0) is 0 Å². The third kappa shape index (κ3) is 2.60. The van der Waals surface area contributed by atoms with Crippen LogP contribution in [0.2, 0.25) is 5.02 Å². The highest BCUT2D eigenvalue weighted by molar-refractivity contribution is 6.32. The number of allylic oxidation sites excluding steroid dienone is 1. The number of nitrogens with one attached hydrogen (secondary N) is 1. The summed E-state index contributed by atoms with van der Waals surface area (Å²) in [7, 11) is 0. The van der Waals surface area contributed by atoms with Crippen LogP contribution >= 0.6 is 11.6 Å². The van der Waals surface area contributed by atoms with Gasteiger partial charge in [-0.05, 0) is 35.9 Å². The predicted octanol–water partition coefficient (Wildman–Crippen LogP) is 3.99. The molecular formula is C16H10ClN3O. The van der Waals surface area contributed by atoms with Crippen LogP contribution in [0.15, 0.2) is 42.5 Å². The summed E-state index contributed by atoms with van der Waals surface area (Å²) in [5.41, 5.74) is 2.79. The van der Waals surface area contributed by atoms with E-state index < -0.39 is 0 Å². The van der Waals surface area contributed by atoms with Gasteiger partial charge in [0.2, 0.25) is 0 Å². The molecule has 4 nitrogen and oxygen atoms in total. The Balaban J connectivity index is 2.06. The van der Waals surface area contributed by atoms with E-state index in [9.17, 15) is 10.4 Å². The summed E-state index contributed by atoms with van der Waals surface area (Å²) < 4.78 is 0. The van der Waals surface area contributed by atoms with Gasteiger partial charge in [-0.2, -0.15) is 5.26 Å². The number of rotatable bonds is 2. The number of halogens is 1. The molecule has 102 valence electrons. The van der Waals surface area contributed by atoms with Crippen LogP contribution in [0.5, 0.6) is 5.75 Å². The summed E-state index contributed by atoms with van der Waals surface area (Å²) in [6.45, 7) is 0. The van der Waals surface area contributed by atoms with Crippen LogP contribution in [0.4, 0.5) is 0 Å². The van der Waals surface area contributed by atoms with Gasteiger partial charge in [0.05, 0.1) is 21.6 Å². The fourth-order valence-electron chi connectivity index (χ4n) is 2.01. The average Bonchev–Trinajstić information content (AvgIpc) is 2.92. The molecule has 1 aromatic heterocycles. The minimum atomic E-state index is 0.0102. The lowest BCUT2D eigenvalue weighted by atomic mass is 10.1. The zero-order chi connectivity index (χ0) is 14.8. The number of benzene rings is 2. The first-order chi connectivity index (χ1) is 10.2. The third-order valence-corrected chi connectivity index (χ3v) is 3.35. The lowest BCUT2D eigenvalue weighted by molar-refractivity contribution is 0.475. The topological polar surface area (TPSA) is 72.7 Å². The molecule has 0 unspecified atom stereocenters. The first-order valence-electron chi connectivity index (χ1n) is 6.23. The number of aromatic amines is 1. The molecule has 5 heteroatoms. The normalized spacial score (nSPS) is 11.5. The van der Waals surface area contributed by atoms with E-state index in [1.165, 1.54) is 6.07 Å². The minimum absolute atomic E-state index is 0.0102. The zero-order valence-electron chi connectivity index (χ0n) is 10.8. The van der Waals surface area contributed by atoms with Crippen molar-refractivity contribution in [3.8, 4) is 11.8 Å². The first kappa shape index (κ1) is 13.2. The molecule has 2 aromatic carbocycles. The van der Waals surface area contributed by atoms with Crippen LogP contribution in [0.1, 0.15) is 11.4 Å². The van der Waals surface area contributed by atoms with E-state index in [0.717, 1.165) is 16.6 Å². The summed E-state index contributed by atoms with van der Waals surface area (Å²) in [5, 5.41) is 19.0. The smallest absolute Gasteiger partial charge is 0.149 e. The summed E-state index contributed by atoms with van der Waals surface area (Å²) in [5.74, 6) is 0.513. The molecule has 2 N–H and O–H groups in total. The molecule has 0 aliphatic rings. The Morgan fingerprint density at radius 3 is 2.81 bits per heavy atom. The Morgan fingerprint density at radius 1 is 1.29 bits per heavy atom. The monoisotopic (exact) mass is 295 g/mol. The molecule has 0 fully saturated rings. The van der Waals surface area contributed by atoms with Gasteiger partial charge in [-0.15, -0.1) is 0 Å². The van der Waals surface area contributed by atoms with Crippen molar-refractivity contribution < 1.29 is 5.11 Å². The molecule has 21 heavy (non-hydrogen) atoms. The maximum Gasteiger partial charge on any atom is 0.149 e. The number of hydrogen-bond donors (Lipinski definition) is 2. The summed E-state index contributed by atoms with van der Waals surface area (Å²) in [6.07, 6.45) is 1.67.